The average Bonchev–Trinajstić information content (AvgIpc) is 4.19. The number of carbonyl (C=O) groups is 2. The van der Waals surface area contributed by atoms with E-state index < -0.39 is 31.3 Å². The van der Waals surface area contributed by atoms with E-state index >= 15 is 0 Å². The van der Waals surface area contributed by atoms with Crippen LogP contribution in [0.25, 0.3) is 45.3 Å². The molecule has 422 valence electrons. The second kappa shape index (κ2) is 28.9. The van der Waals surface area contributed by atoms with Crippen molar-refractivity contribution < 1.29 is 51.8 Å². The summed E-state index contributed by atoms with van der Waals surface area (Å²) in [5.74, 6) is 5.34. The van der Waals surface area contributed by atoms with Crippen molar-refractivity contribution in [2.45, 2.75) is 79.9 Å². The van der Waals surface area contributed by atoms with Crippen LogP contribution in [-0.4, -0.2) is 181 Å². The highest BCUT2D eigenvalue weighted by atomic mass is 19.3. The van der Waals surface area contributed by atoms with Crippen LogP contribution in [-0.2, 0) is 9.53 Å². The van der Waals surface area contributed by atoms with Crippen LogP contribution in [0.5, 0.6) is 11.5 Å². The van der Waals surface area contributed by atoms with E-state index in [2.05, 4.69) is 37.5 Å². The van der Waals surface area contributed by atoms with Gasteiger partial charge in [0.15, 0.2) is 18.3 Å². The number of hydrogen-bond donors (Lipinski definition) is 4. The summed E-state index contributed by atoms with van der Waals surface area (Å²) >= 11 is 0. The highest BCUT2D eigenvalue weighted by Gasteiger charge is 2.29. The van der Waals surface area contributed by atoms with Crippen molar-refractivity contribution in [1.82, 2.24) is 50.7 Å². The molecule has 2 aliphatic heterocycles. The van der Waals surface area contributed by atoms with Gasteiger partial charge in [0.2, 0.25) is 6.41 Å². The maximum atomic E-state index is 12.5. The summed E-state index contributed by atoms with van der Waals surface area (Å²) in [5.41, 5.74) is 8.17. The fourth-order valence-electron chi connectivity index (χ4n) is 8.77. The summed E-state index contributed by atoms with van der Waals surface area (Å²) in [4.78, 5) is 48.6. The molecule has 2 atom stereocenters. The summed E-state index contributed by atoms with van der Waals surface area (Å²) in [7, 11) is 5.13. The molecule has 0 spiro atoms. The second-order valence-electron chi connectivity index (χ2n) is 19.1. The monoisotopic (exact) mass is 1080 g/mol. The van der Waals surface area contributed by atoms with Gasteiger partial charge in [-0.15, -0.1) is 0 Å². The lowest BCUT2D eigenvalue weighted by Gasteiger charge is -2.35. The van der Waals surface area contributed by atoms with E-state index in [9.17, 15) is 28.6 Å². The Balaban J connectivity index is 0.000000236. The first-order valence-electron chi connectivity index (χ1n) is 26.1. The fraction of sp³-hybridized carbons (Fsp3) is 0.491. The molecular weight excluding hydrogens is 1010 g/mol. The molecule has 0 aliphatic carbocycles. The normalized spacial score (nSPS) is 14.1. The first-order valence-corrected chi connectivity index (χ1v) is 26.1. The molecule has 21 nitrogen and oxygen atoms in total. The molecule has 23 heteroatoms. The van der Waals surface area contributed by atoms with Gasteiger partial charge in [0.1, 0.15) is 60.1 Å². The lowest BCUT2D eigenvalue weighted by atomic mass is 10.0. The Morgan fingerprint density at radius 1 is 0.718 bits per heavy atom. The number of anilines is 2. The minimum atomic E-state index is -2.71. The van der Waals surface area contributed by atoms with Crippen molar-refractivity contribution >= 4 is 24.1 Å². The minimum absolute atomic E-state index is 0.124. The van der Waals surface area contributed by atoms with Crippen LogP contribution in [0.1, 0.15) is 53.8 Å². The molecule has 2 unspecified atom stereocenters. The van der Waals surface area contributed by atoms with Crippen LogP contribution in [0.2, 0.25) is 0 Å². The number of amides is 2. The Hall–Kier alpha value is -7.34. The van der Waals surface area contributed by atoms with Crippen LogP contribution in [0.3, 0.4) is 0 Å². The number of aromatic nitrogens is 6. The van der Waals surface area contributed by atoms with Crippen LogP contribution < -0.4 is 29.9 Å². The number of carbonyl (C=O) groups excluding carboxylic acids is 2. The van der Waals surface area contributed by atoms with Crippen molar-refractivity contribution in [3.63, 3.8) is 0 Å². The number of hydrogen-bond acceptors (Lipinski definition) is 19. The molecule has 0 radical (unpaired) electrons. The number of aryl methyl sites for hydroxylation is 4. The third-order valence-corrected chi connectivity index (χ3v) is 12.7. The Morgan fingerprint density at radius 2 is 1.18 bits per heavy atom. The largest absolute Gasteiger partial charge is 0.491 e. The topological polar surface area (TPSA) is 243 Å². The van der Waals surface area contributed by atoms with Crippen molar-refractivity contribution in [1.29, 1.82) is 0 Å². The highest BCUT2D eigenvalue weighted by molar-refractivity contribution is 5.77. The SMILES string of the molecule is CCNCC(O)COc1cccc(-c2nc(-c3c(C)noc3C)c(C)c(N3CCCC3)n2)c1.CN(C)C=O.CNCC(O)COc1cccc(-c2nc(-c3c(C)noc3C)c(C)c(N3CCN(C(=O)OCC(F)F)CC3)n2)c1. The number of rotatable bonds is 20. The molecule has 6 aromatic rings. The summed E-state index contributed by atoms with van der Waals surface area (Å²) in [6, 6.07) is 15.0. The number of likely N-dealkylation sites (N-methyl/N-ethyl adjacent to an activating group) is 2. The highest BCUT2D eigenvalue weighted by Crippen LogP contribution is 2.37. The predicted octanol–water partition coefficient (Wildman–Crippen LogP) is 6.58. The first kappa shape index (κ1) is 59.9. The average molecular weight is 1090 g/mol. The van der Waals surface area contributed by atoms with Crippen molar-refractivity contribution in [3.8, 4) is 56.8 Å². The fourth-order valence-corrected chi connectivity index (χ4v) is 8.77. The van der Waals surface area contributed by atoms with E-state index in [1.807, 2.05) is 88.9 Å². The Kier molecular flexibility index (Phi) is 22.2. The standard InChI is InChI=1S/C27H34F2N6O5.C25H33N5O3.C3H7NO/c1-16-24(23-17(2)33-40-18(23)3)31-25(19-6-5-7-21(12-19)38-14-20(36)13-30-4)32-26(16)34-8-10-35(11-9-34)27(37)39-15-22(28)29;1-5-26-14-20(31)15-32-21-10-8-9-19(13-21)24-27-23(22-17(3)29-33-18(22)4)16(2)25(28-24)30-11-6-7-12-30;1-4(2)3-5/h5-7,12,20,22,30,36H,8-11,13-15H2,1-4H3;8-10,13,20,26,31H,5-7,11-12,14-15H2,1-4H3;3H,1-2H3. The molecule has 78 heavy (non-hydrogen) atoms. The number of aliphatic hydroxyl groups is 2. The molecular formula is C55H74F2N12O9. The molecule has 8 rings (SSSR count). The van der Waals surface area contributed by atoms with Crippen molar-refractivity contribution in [3.05, 3.63) is 82.6 Å². The molecule has 0 saturated carbocycles. The predicted molar refractivity (Wildman–Crippen MR) is 292 cm³/mol. The van der Waals surface area contributed by atoms with Gasteiger partial charge in [0.05, 0.1) is 33.9 Å². The summed E-state index contributed by atoms with van der Waals surface area (Å²) in [6.45, 7) is 18.1. The number of ether oxygens (including phenoxy) is 3. The molecule has 2 aromatic carbocycles. The van der Waals surface area contributed by atoms with Crippen LogP contribution in [0.15, 0.2) is 57.6 Å². The third-order valence-electron chi connectivity index (χ3n) is 12.7. The maximum Gasteiger partial charge on any atom is 0.410 e. The Labute approximate surface area is 454 Å². The number of benzene rings is 2. The van der Waals surface area contributed by atoms with Gasteiger partial charge in [-0.1, -0.05) is 41.5 Å². The van der Waals surface area contributed by atoms with Gasteiger partial charge in [0.25, 0.3) is 6.43 Å². The number of piperazine rings is 1. The number of aliphatic hydroxyl groups excluding tert-OH is 2. The van der Waals surface area contributed by atoms with E-state index in [0.29, 0.717) is 90.9 Å². The molecule has 4 N–H and O–H groups in total. The van der Waals surface area contributed by atoms with Crippen molar-refractivity contribution in [2.75, 3.05) is 110 Å². The van der Waals surface area contributed by atoms with Gasteiger partial charge in [-0.3, -0.25) is 4.79 Å². The van der Waals surface area contributed by atoms with Crippen LogP contribution in [0, 0.1) is 41.5 Å². The van der Waals surface area contributed by atoms with E-state index in [0.717, 1.165) is 89.7 Å². The van der Waals surface area contributed by atoms with Gasteiger partial charge in [-0.25, -0.2) is 33.5 Å². The van der Waals surface area contributed by atoms with E-state index in [1.165, 1.54) is 9.80 Å². The Bertz CT molecular complexity index is 2850. The summed E-state index contributed by atoms with van der Waals surface area (Å²) in [6.07, 6.45) is -1.62. The lowest BCUT2D eigenvalue weighted by Crippen LogP contribution is -2.49. The van der Waals surface area contributed by atoms with Gasteiger partial charge in [-0.2, -0.15) is 0 Å². The summed E-state index contributed by atoms with van der Waals surface area (Å²) < 4.78 is 52.1. The zero-order valence-corrected chi connectivity index (χ0v) is 46.3. The molecule has 6 heterocycles. The minimum Gasteiger partial charge on any atom is -0.491 e. The first-order chi connectivity index (χ1) is 37.4. The number of nitrogens with zero attached hydrogens (tertiary/aromatic N) is 10. The van der Waals surface area contributed by atoms with Gasteiger partial charge in [-0.05, 0) is 92.2 Å². The number of nitrogens with one attached hydrogen (secondary N) is 2. The van der Waals surface area contributed by atoms with Gasteiger partial charge < -0.3 is 63.7 Å². The molecule has 2 saturated heterocycles. The summed E-state index contributed by atoms with van der Waals surface area (Å²) in [5, 5.41) is 34.4. The van der Waals surface area contributed by atoms with Crippen LogP contribution >= 0.6 is 0 Å². The molecule has 2 fully saturated rings. The Morgan fingerprint density at radius 3 is 1.59 bits per heavy atom. The number of alkyl halides is 2. The molecule has 2 amide bonds. The number of halogens is 2. The van der Waals surface area contributed by atoms with Gasteiger partial charge >= 0.3 is 6.09 Å². The van der Waals surface area contributed by atoms with Gasteiger partial charge in [0, 0.05) is 88.7 Å². The van der Waals surface area contributed by atoms with E-state index in [4.69, 9.17) is 38.5 Å². The van der Waals surface area contributed by atoms with Crippen LogP contribution in [0.4, 0.5) is 25.2 Å². The maximum absolute atomic E-state index is 12.5. The zero-order chi connectivity index (χ0) is 56.5. The van der Waals surface area contributed by atoms with E-state index in [1.54, 1.807) is 27.2 Å². The molecule has 4 aromatic heterocycles. The molecule has 0 bridgehead atoms. The zero-order valence-electron chi connectivity index (χ0n) is 46.3. The smallest absolute Gasteiger partial charge is 0.410 e. The quantitative estimate of drug-likeness (QED) is 0.0590. The molecule has 2 aliphatic rings. The van der Waals surface area contributed by atoms with Crippen molar-refractivity contribution in [2.24, 2.45) is 0 Å². The third kappa shape index (κ3) is 16.1. The van der Waals surface area contributed by atoms with E-state index in [-0.39, 0.29) is 13.2 Å². The second-order valence-corrected chi connectivity index (χ2v) is 19.1. The lowest BCUT2D eigenvalue weighted by molar-refractivity contribution is -0.115.